The third-order valence-corrected chi connectivity index (χ3v) is 7.60. The van der Waals surface area contributed by atoms with E-state index < -0.39 is 48.2 Å². The molecular formula is C29H30F7N9O2. The molecule has 4 aromatic rings. The molecule has 0 aliphatic carbocycles. The number of aliphatic hydroxyl groups is 1. The highest BCUT2D eigenvalue weighted by Gasteiger charge is 2.33. The summed E-state index contributed by atoms with van der Waals surface area (Å²) < 4.78 is 94.2. The van der Waals surface area contributed by atoms with Gasteiger partial charge in [0.25, 0.3) is 0 Å². The molecule has 0 radical (unpaired) electrons. The topological polar surface area (TPSA) is 136 Å². The Morgan fingerprint density at radius 3 is 2.34 bits per heavy atom. The van der Waals surface area contributed by atoms with Crippen molar-refractivity contribution in [2.75, 3.05) is 56.1 Å². The number of hydrogen-bond donors (Lipinski definition) is 5. The molecule has 1 aliphatic rings. The molecule has 6 N–H and O–H groups in total. The lowest BCUT2D eigenvalue weighted by atomic mass is 9.99. The summed E-state index contributed by atoms with van der Waals surface area (Å²) in [4.78, 5) is 20.8. The van der Waals surface area contributed by atoms with Crippen LogP contribution in [0, 0.1) is 5.82 Å². The smallest absolute Gasteiger partial charge is 0.382 e. The zero-order valence-corrected chi connectivity index (χ0v) is 24.8. The molecule has 2 amide bonds. The summed E-state index contributed by atoms with van der Waals surface area (Å²) in [6, 6.07) is 6.33. The number of hydrogen-bond acceptors (Lipinski definition) is 8. The van der Waals surface area contributed by atoms with Gasteiger partial charge in [-0.1, -0.05) is 12.1 Å². The van der Waals surface area contributed by atoms with Gasteiger partial charge in [-0.15, -0.1) is 0 Å². The SMILES string of the molecule is CN1CCN(Cc2c(C(O)NCC(F)(F)F)c(-c3ccc(NC(=O)Nc4cc(C(F)(F)F)ccc4F)cc3)c3c(N)ncnn23)CC1. The normalized spacial score (nSPS) is 15.6. The van der Waals surface area contributed by atoms with Crippen molar-refractivity contribution in [3.05, 3.63) is 71.4 Å². The van der Waals surface area contributed by atoms with Crippen LogP contribution < -0.4 is 21.7 Å². The van der Waals surface area contributed by atoms with Crippen molar-refractivity contribution in [2.24, 2.45) is 0 Å². The van der Waals surface area contributed by atoms with Gasteiger partial charge in [0.2, 0.25) is 0 Å². The van der Waals surface area contributed by atoms with Gasteiger partial charge < -0.3 is 26.4 Å². The van der Waals surface area contributed by atoms with Crippen molar-refractivity contribution in [1.82, 2.24) is 29.7 Å². The molecule has 11 nitrogen and oxygen atoms in total. The molecule has 2 aromatic heterocycles. The van der Waals surface area contributed by atoms with Crippen molar-refractivity contribution < 1.29 is 40.6 Å². The number of benzene rings is 2. The third kappa shape index (κ3) is 7.90. The Bertz CT molecular complexity index is 1740. The van der Waals surface area contributed by atoms with Gasteiger partial charge in [-0.3, -0.25) is 10.2 Å². The second-order valence-corrected chi connectivity index (χ2v) is 11.0. The van der Waals surface area contributed by atoms with Crippen molar-refractivity contribution in [2.45, 2.75) is 25.1 Å². The summed E-state index contributed by atoms with van der Waals surface area (Å²) in [7, 11) is 1.97. The van der Waals surface area contributed by atoms with E-state index in [2.05, 4.69) is 30.5 Å². The lowest BCUT2D eigenvalue weighted by Crippen LogP contribution is -2.44. The first-order valence-corrected chi connectivity index (χ1v) is 14.2. The Kier molecular flexibility index (Phi) is 9.58. The van der Waals surface area contributed by atoms with Gasteiger partial charge in [0.1, 0.15) is 23.9 Å². The van der Waals surface area contributed by atoms with E-state index >= 15 is 0 Å². The Balaban J connectivity index is 1.48. The molecule has 0 saturated carbocycles. The van der Waals surface area contributed by atoms with E-state index in [4.69, 9.17) is 5.73 Å². The maximum Gasteiger partial charge on any atom is 0.416 e. The molecule has 252 valence electrons. The number of piperazine rings is 1. The fraction of sp³-hybridized carbons (Fsp3) is 0.345. The van der Waals surface area contributed by atoms with Gasteiger partial charge in [0.15, 0.2) is 5.82 Å². The predicted octanol–water partition coefficient (Wildman–Crippen LogP) is 4.67. The summed E-state index contributed by atoms with van der Waals surface area (Å²) in [5.74, 6) is -1.09. The van der Waals surface area contributed by atoms with Crippen LogP contribution >= 0.6 is 0 Å². The van der Waals surface area contributed by atoms with Crippen LogP contribution in [0.1, 0.15) is 23.0 Å². The molecule has 18 heteroatoms. The number of nitrogens with one attached hydrogen (secondary N) is 3. The van der Waals surface area contributed by atoms with Crippen LogP contribution in [0.2, 0.25) is 0 Å². The average Bonchev–Trinajstić information content (AvgIpc) is 3.32. The Morgan fingerprint density at radius 2 is 1.70 bits per heavy atom. The molecule has 1 atom stereocenters. The van der Waals surface area contributed by atoms with Gasteiger partial charge >= 0.3 is 18.4 Å². The van der Waals surface area contributed by atoms with E-state index in [1.165, 1.54) is 35.1 Å². The number of fused-ring (bicyclic) bond motifs is 1. The fourth-order valence-electron chi connectivity index (χ4n) is 5.27. The van der Waals surface area contributed by atoms with Gasteiger partial charge in [-0.25, -0.2) is 18.7 Å². The maximum atomic E-state index is 14.1. The number of urea groups is 1. The minimum atomic E-state index is -4.76. The van der Waals surface area contributed by atoms with Crippen molar-refractivity contribution >= 4 is 28.7 Å². The van der Waals surface area contributed by atoms with Crippen LogP contribution in [0.25, 0.3) is 16.6 Å². The lowest BCUT2D eigenvalue weighted by Gasteiger charge is -2.32. The summed E-state index contributed by atoms with van der Waals surface area (Å²) in [5.41, 5.74) is 5.87. The minimum Gasteiger partial charge on any atom is -0.382 e. The Labute approximate surface area is 263 Å². The minimum absolute atomic E-state index is 0.00593. The van der Waals surface area contributed by atoms with Crippen LogP contribution in [-0.2, 0) is 12.7 Å². The maximum absolute atomic E-state index is 14.1. The van der Waals surface area contributed by atoms with E-state index in [1.807, 2.05) is 12.4 Å². The first-order valence-electron chi connectivity index (χ1n) is 14.2. The summed E-state index contributed by atoms with van der Waals surface area (Å²) in [6.07, 6.45) is -9.99. The zero-order valence-electron chi connectivity index (χ0n) is 24.8. The second kappa shape index (κ2) is 13.3. The molecule has 1 unspecified atom stereocenters. The van der Waals surface area contributed by atoms with Crippen molar-refractivity contribution in [1.29, 1.82) is 0 Å². The molecular weight excluding hydrogens is 639 g/mol. The standard InChI is InChI=1S/C29H30F7N9O2/c1-43-8-10-44(11-9-43)13-21-23(26(46)38-14-28(31,32)33)22(24-25(37)39-15-40-45(21)24)16-2-5-18(6-3-16)41-27(47)42-20-12-17(29(34,35)36)4-7-19(20)30/h2-7,12,15,26,38,46H,8-11,13-14H2,1H3,(H2,37,39,40)(H2,41,42,47). The number of nitrogen functional groups attached to an aromatic ring is 1. The molecule has 1 saturated heterocycles. The van der Waals surface area contributed by atoms with E-state index in [-0.39, 0.29) is 34.7 Å². The van der Waals surface area contributed by atoms with Crippen LogP contribution in [0.5, 0.6) is 0 Å². The predicted molar refractivity (Wildman–Crippen MR) is 159 cm³/mol. The fourth-order valence-corrected chi connectivity index (χ4v) is 5.27. The quantitative estimate of drug-likeness (QED) is 0.135. The Hall–Kier alpha value is -4.52. The highest BCUT2D eigenvalue weighted by Crippen LogP contribution is 2.39. The molecule has 3 heterocycles. The summed E-state index contributed by atoms with van der Waals surface area (Å²) >= 11 is 0. The monoisotopic (exact) mass is 669 g/mol. The highest BCUT2D eigenvalue weighted by atomic mass is 19.4. The van der Waals surface area contributed by atoms with Crippen LogP contribution in [0.15, 0.2) is 48.8 Å². The lowest BCUT2D eigenvalue weighted by molar-refractivity contribution is -0.137. The number of halogens is 7. The number of nitrogens with two attached hydrogens (primary N) is 1. The van der Waals surface area contributed by atoms with Crippen LogP contribution in [-0.4, -0.2) is 81.5 Å². The van der Waals surface area contributed by atoms with E-state index in [0.717, 1.165) is 13.1 Å². The second-order valence-electron chi connectivity index (χ2n) is 11.0. The number of nitrogens with zero attached hydrogens (tertiary/aromatic N) is 5. The van der Waals surface area contributed by atoms with E-state index in [9.17, 15) is 40.6 Å². The van der Waals surface area contributed by atoms with Crippen molar-refractivity contribution in [3.63, 3.8) is 0 Å². The summed E-state index contributed by atoms with van der Waals surface area (Å²) in [5, 5.41) is 22.0. The number of rotatable bonds is 8. The number of aliphatic hydroxyl groups excluding tert-OH is 1. The van der Waals surface area contributed by atoms with Gasteiger partial charge in [0, 0.05) is 49.5 Å². The van der Waals surface area contributed by atoms with E-state index in [1.54, 1.807) is 0 Å². The first kappa shape index (κ1) is 33.8. The number of carbonyl (C=O) groups is 1. The molecule has 1 aliphatic heterocycles. The first-order chi connectivity index (χ1) is 22.1. The third-order valence-electron chi connectivity index (χ3n) is 7.60. The average molecular weight is 670 g/mol. The highest BCUT2D eigenvalue weighted by molar-refractivity contribution is 6.00. The van der Waals surface area contributed by atoms with Crippen molar-refractivity contribution in [3.8, 4) is 11.1 Å². The molecule has 1 fully saturated rings. The molecule has 47 heavy (non-hydrogen) atoms. The van der Waals surface area contributed by atoms with Crippen LogP contribution in [0.4, 0.5) is 52.7 Å². The number of carbonyl (C=O) groups excluding carboxylic acids is 1. The molecule has 5 rings (SSSR count). The van der Waals surface area contributed by atoms with E-state index in [0.29, 0.717) is 42.5 Å². The van der Waals surface area contributed by atoms with Gasteiger partial charge in [0.05, 0.1) is 23.5 Å². The number of amides is 2. The number of likely N-dealkylation sites (N-methyl/N-ethyl adjacent to an activating group) is 1. The molecule has 0 spiro atoms. The number of aromatic nitrogens is 3. The Morgan fingerprint density at radius 1 is 1.02 bits per heavy atom. The number of anilines is 3. The number of alkyl halides is 6. The van der Waals surface area contributed by atoms with Gasteiger partial charge in [-0.2, -0.15) is 31.4 Å². The molecule has 2 aromatic carbocycles. The zero-order chi connectivity index (χ0) is 34.1. The molecule has 0 bridgehead atoms. The summed E-state index contributed by atoms with van der Waals surface area (Å²) in [6.45, 7) is 1.53. The largest absolute Gasteiger partial charge is 0.416 e. The van der Waals surface area contributed by atoms with Gasteiger partial charge in [-0.05, 0) is 42.9 Å². The van der Waals surface area contributed by atoms with Crippen LogP contribution in [0.3, 0.4) is 0 Å².